The maximum Gasteiger partial charge on any atom is 0.191 e. The molecule has 0 radical (unpaired) electrons. The van der Waals surface area contributed by atoms with Gasteiger partial charge in [-0.25, -0.2) is 9.38 Å². The summed E-state index contributed by atoms with van der Waals surface area (Å²) < 4.78 is 24.3. The average molecular weight is 366 g/mol. The number of nitrogens with one attached hydrogen (secondary N) is 2. The molecule has 1 heterocycles. The Labute approximate surface area is 155 Å². The maximum atomic E-state index is 13.2. The fourth-order valence-electron chi connectivity index (χ4n) is 2.71. The molecule has 1 saturated heterocycles. The summed E-state index contributed by atoms with van der Waals surface area (Å²) in [6, 6.07) is 6.17. The van der Waals surface area contributed by atoms with E-state index in [0.29, 0.717) is 12.3 Å². The van der Waals surface area contributed by atoms with Crippen LogP contribution in [-0.4, -0.2) is 69.4 Å². The van der Waals surface area contributed by atoms with Crippen LogP contribution in [0.3, 0.4) is 0 Å². The third kappa shape index (κ3) is 8.01. The van der Waals surface area contributed by atoms with E-state index in [0.717, 1.165) is 58.3 Å². The molecule has 2 N–H and O–H groups in total. The van der Waals surface area contributed by atoms with Gasteiger partial charge in [0.25, 0.3) is 0 Å². The van der Waals surface area contributed by atoms with Crippen molar-refractivity contribution in [3.63, 3.8) is 0 Å². The van der Waals surface area contributed by atoms with E-state index in [9.17, 15) is 4.39 Å². The van der Waals surface area contributed by atoms with Crippen LogP contribution in [0.2, 0.25) is 0 Å². The van der Waals surface area contributed by atoms with Gasteiger partial charge in [0, 0.05) is 32.2 Å². The number of rotatable bonds is 9. The van der Waals surface area contributed by atoms with E-state index in [1.54, 1.807) is 12.1 Å². The summed E-state index contributed by atoms with van der Waals surface area (Å²) >= 11 is 0. The summed E-state index contributed by atoms with van der Waals surface area (Å²) in [6.07, 6.45) is 0.917. The lowest BCUT2D eigenvalue weighted by Gasteiger charge is -2.26. The smallest absolute Gasteiger partial charge is 0.191 e. The molecule has 6 nitrogen and oxygen atoms in total. The van der Waals surface area contributed by atoms with Gasteiger partial charge >= 0.3 is 0 Å². The molecule has 1 aromatic rings. The average Bonchev–Trinajstić information content (AvgIpc) is 2.64. The van der Waals surface area contributed by atoms with E-state index in [-0.39, 0.29) is 11.9 Å². The van der Waals surface area contributed by atoms with Crippen LogP contribution in [0.25, 0.3) is 0 Å². The molecule has 146 valence electrons. The SMILES string of the molecule is CCNC(=NCC(C)Oc1cccc(F)c1)NCCCN1CCOCC1. The number of nitrogens with zero attached hydrogens (tertiary/aromatic N) is 2. The molecule has 0 aliphatic carbocycles. The molecule has 1 fully saturated rings. The molecular weight excluding hydrogens is 335 g/mol. The molecule has 26 heavy (non-hydrogen) atoms. The minimum absolute atomic E-state index is 0.138. The van der Waals surface area contributed by atoms with Gasteiger partial charge in [0.2, 0.25) is 0 Å². The summed E-state index contributed by atoms with van der Waals surface area (Å²) in [7, 11) is 0. The summed E-state index contributed by atoms with van der Waals surface area (Å²) in [5.74, 6) is 1.01. The molecule has 0 saturated carbocycles. The monoisotopic (exact) mass is 366 g/mol. The topological polar surface area (TPSA) is 58.1 Å². The highest BCUT2D eigenvalue weighted by molar-refractivity contribution is 5.79. The molecule has 1 aromatic carbocycles. The first-order chi connectivity index (χ1) is 12.7. The van der Waals surface area contributed by atoms with Crippen LogP contribution in [0.1, 0.15) is 20.3 Å². The van der Waals surface area contributed by atoms with E-state index >= 15 is 0 Å². The van der Waals surface area contributed by atoms with Crippen LogP contribution in [-0.2, 0) is 4.74 Å². The van der Waals surface area contributed by atoms with Gasteiger partial charge in [-0.3, -0.25) is 4.90 Å². The molecule has 0 bridgehead atoms. The highest BCUT2D eigenvalue weighted by Crippen LogP contribution is 2.13. The number of hydrogen-bond donors (Lipinski definition) is 2. The largest absolute Gasteiger partial charge is 0.489 e. The molecule has 2 rings (SSSR count). The highest BCUT2D eigenvalue weighted by atomic mass is 19.1. The second-order valence-corrected chi connectivity index (χ2v) is 6.34. The van der Waals surface area contributed by atoms with Gasteiger partial charge in [0.15, 0.2) is 5.96 Å². The Morgan fingerprint density at radius 2 is 2.15 bits per heavy atom. The lowest BCUT2D eigenvalue weighted by Crippen LogP contribution is -2.41. The maximum absolute atomic E-state index is 13.2. The van der Waals surface area contributed by atoms with Crippen molar-refractivity contribution in [2.45, 2.75) is 26.4 Å². The van der Waals surface area contributed by atoms with Crippen molar-refractivity contribution in [1.29, 1.82) is 0 Å². The Balaban J connectivity index is 1.70. The quantitative estimate of drug-likeness (QED) is 0.397. The third-order valence-corrected chi connectivity index (χ3v) is 4.03. The number of halogens is 1. The van der Waals surface area contributed by atoms with Gasteiger partial charge in [-0.05, 0) is 38.9 Å². The van der Waals surface area contributed by atoms with Crippen LogP contribution in [0, 0.1) is 5.82 Å². The first-order valence-electron chi connectivity index (χ1n) is 9.42. The Kier molecular flexibility index (Phi) is 9.20. The predicted molar refractivity (Wildman–Crippen MR) is 102 cm³/mol. The van der Waals surface area contributed by atoms with Gasteiger partial charge in [0.1, 0.15) is 17.7 Å². The van der Waals surface area contributed by atoms with Crippen molar-refractivity contribution in [3.8, 4) is 5.75 Å². The molecule has 7 heteroatoms. The Bertz CT molecular complexity index is 550. The fraction of sp³-hybridized carbons (Fsp3) is 0.632. The van der Waals surface area contributed by atoms with Crippen LogP contribution in [0.5, 0.6) is 5.75 Å². The van der Waals surface area contributed by atoms with Gasteiger partial charge in [0.05, 0.1) is 19.8 Å². The zero-order valence-electron chi connectivity index (χ0n) is 15.8. The Morgan fingerprint density at radius 1 is 1.35 bits per heavy atom. The van der Waals surface area contributed by atoms with Crippen LogP contribution in [0.4, 0.5) is 4.39 Å². The van der Waals surface area contributed by atoms with Gasteiger partial charge in [-0.2, -0.15) is 0 Å². The zero-order chi connectivity index (χ0) is 18.6. The molecule has 0 spiro atoms. The molecule has 0 aromatic heterocycles. The van der Waals surface area contributed by atoms with Gasteiger partial charge in [-0.1, -0.05) is 6.07 Å². The van der Waals surface area contributed by atoms with Crippen molar-refractivity contribution in [1.82, 2.24) is 15.5 Å². The summed E-state index contributed by atoms with van der Waals surface area (Å²) in [5, 5.41) is 6.59. The number of aliphatic imine (C=N–C) groups is 1. The zero-order valence-corrected chi connectivity index (χ0v) is 15.8. The van der Waals surface area contributed by atoms with E-state index in [4.69, 9.17) is 9.47 Å². The Hall–Kier alpha value is -1.86. The minimum atomic E-state index is -0.298. The van der Waals surface area contributed by atoms with Crippen LogP contribution < -0.4 is 15.4 Å². The number of morpholine rings is 1. The standard InChI is InChI=1S/C19H31FN4O2/c1-3-21-19(22-8-5-9-24-10-12-25-13-11-24)23-15-16(2)26-18-7-4-6-17(20)14-18/h4,6-7,14,16H,3,5,8-13,15H2,1-2H3,(H2,21,22,23). The molecular formula is C19H31FN4O2. The molecule has 1 aliphatic heterocycles. The first-order valence-corrected chi connectivity index (χ1v) is 9.42. The minimum Gasteiger partial charge on any atom is -0.489 e. The number of hydrogen-bond acceptors (Lipinski definition) is 4. The normalized spacial score (nSPS) is 17.0. The molecule has 1 atom stereocenters. The lowest BCUT2D eigenvalue weighted by atomic mass is 10.3. The van der Waals surface area contributed by atoms with Crippen molar-refractivity contribution in [3.05, 3.63) is 30.1 Å². The van der Waals surface area contributed by atoms with Crippen molar-refractivity contribution >= 4 is 5.96 Å². The van der Waals surface area contributed by atoms with E-state index < -0.39 is 0 Å². The first kappa shape index (κ1) is 20.5. The van der Waals surface area contributed by atoms with Crippen LogP contribution >= 0.6 is 0 Å². The van der Waals surface area contributed by atoms with Crippen LogP contribution in [0.15, 0.2) is 29.3 Å². The third-order valence-electron chi connectivity index (χ3n) is 4.03. The van der Waals surface area contributed by atoms with Crippen molar-refractivity contribution < 1.29 is 13.9 Å². The van der Waals surface area contributed by atoms with E-state index in [2.05, 4.69) is 20.5 Å². The molecule has 1 aliphatic rings. The highest BCUT2D eigenvalue weighted by Gasteiger charge is 2.09. The molecule has 0 amide bonds. The summed E-state index contributed by atoms with van der Waals surface area (Å²) in [4.78, 5) is 6.98. The number of ether oxygens (including phenoxy) is 2. The summed E-state index contributed by atoms with van der Waals surface area (Å²) in [5.41, 5.74) is 0. The van der Waals surface area contributed by atoms with E-state index in [1.807, 2.05) is 13.8 Å². The van der Waals surface area contributed by atoms with Crippen molar-refractivity contribution in [2.24, 2.45) is 4.99 Å². The van der Waals surface area contributed by atoms with Gasteiger partial charge in [-0.15, -0.1) is 0 Å². The number of benzene rings is 1. The van der Waals surface area contributed by atoms with Crippen molar-refractivity contribution in [2.75, 3.05) is 52.5 Å². The second kappa shape index (κ2) is 11.7. The fourth-order valence-corrected chi connectivity index (χ4v) is 2.71. The van der Waals surface area contributed by atoms with E-state index in [1.165, 1.54) is 12.1 Å². The summed E-state index contributed by atoms with van der Waals surface area (Å²) in [6.45, 7) is 10.9. The number of guanidine groups is 1. The second-order valence-electron chi connectivity index (χ2n) is 6.34. The molecule has 1 unspecified atom stereocenters. The predicted octanol–water partition coefficient (Wildman–Crippen LogP) is 1.87. The van der Waals surface area contributed by atoms with Gasteiger partial charge < -0.3 is 20.1 Å². The lowest BCUT2D eigenvalue weighted by molar-refractivity contribution is 0.0376. The Morgan fingerprint density at radius 3 is 2.88 bits per heavy atom.